The quantitative estimate of drug-likeness (QED) is 0.591. The second-order valence-corrected chi connectivity index (χ2v) is 5.85. The molecule has 2 atom stereocenters. The van der Waals surface area contributed by atoms with Crippen molar-refractivity contribution in [3.63, 3.8) is 0 Å². The van der Waals surface area contributed by atoms with Gasteiger partial charge < -0.3 is 0 Å². The Morgan fingerprint density at radius 2 is 2.00 bits per heavy atom. The average Bonchev–Trinajstić information content (AvgIpc) is 2.61. The molecule has 0 saturated heterocycles. The largest absolute Gasteiger partial charge is 0.271 e. The second kappa shape index (κ2) is 4.19. The number of nitrogens with two attached hydrogens (primary N) is 1. The Morgan fingerprint density at radius 3 is 2.62 bits per heavy atom. The van der Waals surface area contributed by atoms with E-state index in [0.29, 0.717) is 12.0 Å². The maximum absolute atomic E-state index is 5.75. The van der Waals surface area contributed by atoms with Crippen molar-refractivity contribution in [1.82, 2.24) is 5.43 Å². The van der Waals surface area contributed by atoms with Crippen molar-refractivity contribution in [1.29, 1.82) is 0 Å². The van der Waals surface area contributed by atoms with Gasteiger partial charge in [0.1, 0.15) is 0 Å². The molecule has 1 aromatic rings. The van der Waals surface area contributed by atoms with Gasteiger partial charge in [-0.1, -0.05) is 45.0 Å². The van der Waals surface area contributed by atoms with Gasteiger partial charge in [-0.05, 0) is 29.4 Å². The van der Waals surface area contributed by atoms with Gasteiger partial charge in [0.2, 0.25) is 0 Å². The van der Waals surface area contributed by atoms with Gasteiger partial charge in [-0.3, -0.25) is 11.3 Å². The maximum Gasteiger partial charge on any atom is 0.0327 e. The summed E-state index contributed by atoms with van der Waals surface area (Å²) < 4.78 is 0. The van der Waals surface area contributed by atoms with Crippen LogP contribution in [0.5, 0.6) is 0 Å². The monoisotopic (exact) mass is 218 g/mol. The first-order valence-corrected chi connectivity index (χ1v) is 6.08. The van der Waals surface area contributed by atoms with Gasteiger partial charge in [-0.15, -0.1) is 0 Å². The highest BCUT2D eigenvalue weighted by molar-refractivity contribution is 5.36. The lowest BCUT2D eigenvalue weighted by Gasteiger charge is -2.35. The van der Waals surface area contributed by atoms with Crippen LogP contribution < -0.4 is 11.3 Å². The predicted octanol–water partition coefficient (Wildman–Crippen LogP) is 2.59. The number of fused-ring (bicyclic) bond motifs is 1. The third-order valence-corrected chi connectivity index (χ3v) is 3.69. The van der Waals surface area contributed by atoms with E-state index in [4.69, 9.17) is 5.84 Å². The van der Waals surface area contributed by atoms with Crippen molar-refractivity contribution >= 4 is 0 Å². The fraction of sp³-hybridized carbons (Fsp3) is 0.571. The van der Waals surface area contributed by atoms with Gasteiger partial charge in [0.25, 0.3) is 0 Å². The molecule has 2 unspecified atom stereocenters. The molecule has 0 aliphatic heterocycles. The molecule has 0 fully saturated rings. The van der Waals surface area contributed by atoms with Crippen LogP contribution in [0, 0.1) is 5.41 Å². The van der Waals surface area contributed by atoms with E-state index < -0.39 is 0 Å². The van der Waals surface area contributed by atoms with Crippen LogP contribution >= 0.6 is 0 Å². The molecule has 16 heavy (non-hydrogen) atoms. The third kappa shape index (κ3) is 2.00. The van der Waals surface area contributed by atoms with E-state index in [9.17, 15) is 0 Å². The third-order valence-electron chi connectivity index (χ3n) is 3.69. The highest BCUT2D eigenvalue weighted by Crippen LogP contribution is 2.40. The zero-order valence-corrected chi connectivity index (χ0v) is 10.5. The normalized spacial score (nSPS) is 21.9. The van der Waals surface area contributed by atoms with Crippen molar-refractivity contribution < 1.29 is 0 Å². The Bertz CT molecular complexity index is 365. The Kier molecular flexibility index (Phi) is 3.04. The van der Waals surface area contributed by atoms with Crippen LogP contribution in [0.15, 0.2) is 24.3 Å². The van der Waals surface area contributed by atoms with Crippen LogP contribution in [0.4, 0.5) is 0 Å². The molecular weight excluding hydrogens is 196 g/mol. The lowest BCUT2D eigenvalue weighted by Crippen LogP contribution is -2.47. The van der Waals surface area contributed by atoms with Crippen LogP contribution in [-0.4, -0.2) is 6.04 Å². The highest BCUT2D eigenvalue weighted by atomic mass is 15.2. The van der Waals surface area contributed by atoms with Crippen LogP contribution in [-0.2, 0) is 6.42 Å². The van der Waals surface area contributed by atoms with E-state index >= 15 is 0 Å². The summed E-state index contributed by atoms with van der Waals surface area (Å²) in [5.41, 5.74) is 6.20. The summed E-state index contributed by atoms with van der Waals surface area (Å²) in [6.45, 7) is 6.75. The Labute approximate surface area is 98.2 Å². The second-order valence-electron chi connectivity index (χ2n) is 5.85. The van der Waals surface area contributed by atoms with Gasteiger partial charge in [0.15, 0.2) is 0 Å². The summed E-state index contributed by atoms with van der Waals surface area (Å²) >= 11 is 0. The van der Waals surface area contributed by atoms with E-state index in [1.807, 2.05) is 0 Å². The van der Waals surface area contributed by atoms with E-state index in [1.165, 1.54) is 24.0 Å². The number of benzene rings is 1. The van der Waals surface area contributed by atoms with Crippen molar-refractivity contribution in [3.8, 4) is 0 Å². The molecule has 1 aliphatic carbocycles. The number of hydrogen-bond acceptors (Lipinski definition) is 2. The minimum Gasteiger partial charge on any atom is -0.271 e. The molecule has 2 rings (SSSR count). The Morgan fingerprint density at radius 1 is 1.31 bits per heavy atom. The van der Waals surface area contributed by atoms with Crippen molar-refractivity contribution in [2.24, 2.45) is 11.3 Å². The molecular formula is C14H22N2. The number of hydrazine groups is 1. The van der Waals surface area contributed by atoms with Gasteiger partial charge in [0.05, 0.1) is 0 Å². The first-order valence-electron chi connectivity index (χ1n) is 6.08. The minimum absolute atomic E-state index is 0.191. The smallest absolute Gasteiger partial charge is 0.0327 e. The van der Waals surface area contributed by atoms with E-state index in [2.05, 4.69) is 50.5 Å². The molecule has 88 valence electrons. The zero-order valence-electron chi connectivity index (χ0n) is 10.5. The van der Waals surface area contributed by atoms with Gasteiger partial charge >= 0.3 is 0 Å². The lowest BCUT2D eigenvalue weighted by molar-refractivity contribution is 0.232. The molecule has 2 nitrogen and oxygen atoms in total. The standard InChI is InChI=1S/C14H22N2/c1-14(2,3)13(16-15)12-9-8-10-6-4-5-7-11(10)12/h4-7,12-13,16H,8-9,15H2,1-3H3. The highest BCUT2D eigenvalue weighted by Gasteiger charge is 2.35. The molecule has 0 spiro atoms. The first-order chi connectivity index (χ1) is 7.54. The molecule has 0 bridgehead atoms. The van der Waals surface area contributed by atoms with Crippen molar-refractivity contribution in [2.75, 3.05) is 0 Å². The number of hydrogen-bond donors (Lipinski definition) is 2. The molecule has 2 heteroatoms. The topological polar surface area (TPSA) is 38.0 Å². The van der Waals surface area contributed by atoms with Crippen molar-refractivity contribution in [3.05, 3.63) is 35.4 Å². The molecule has 1 aromatic carbocycles. The maximum atomic E-state index is 5.75. The Hall–Kier alpha value is -0.860. The zero-order chi connectivity index (χ0) is 11.8. The van der Waals surface area contributed by atoms with Gasteiger partial charge in [-0.25, -0.2) is 0 Å². The van der Waals surface area contributed by atoms with Gasteiger partial charge in [0, 0.05) is 12.0 Å². The van der Waals surface area contributed by atoms with Crippen LogP contribution in [0.1, 0.15) is 44.2 Å². The fourth-order valence-corrected chi connectivity index (χ4v) is 2.91. The first kappa shape index (κ1) is 11.6. The van der Waals surface area contributed by atoms with Gasteiger partial charge in [-0.2, -0.15) is 0 Å². The molecule has 0 amide bonds. The molecule has 0 aromatic heterocycles. The molecule has 1 aliphatic rings. The summed E-state index contributed by atoms with van der Waals surface area (Å²) in [6, 6.07) is 9.10. The fourth-order valence-electron chi connectivity index (χ4n) is 2.91. The van der Waals surface area contributed by atoms with Crippen LogP contribution in [0.2, 0.25) is 0 Å². The molecule has 0 saturated carbocycles. The number of aryl methyl sites for hydroxylation is 1. The minimum atomic E-state index is 0.191. The van der Waals surface area contributed by atoms with Crippen LogP contribution in [0.25, 0.3) is 0 Å². The predicted molar refractivity (Wildman–Crippen MR) is 68.1 cm³/mol. The number of rotatable bonds is 2. The lowest BCUT2D eigenvalue weighted by atomic mass is 9.77. The summed E-state index contributed by atoms with van der Waals surface area (Å²) in [5.74, 6) is 6.30. The van der Waals surface area contributed by atoms with E-state index in [1.54, 1.807) is 0 Å². The Balaban J connectivity index is 2.30. The molecule has 3 N–H and O–H groups in total. The van der Waals surface area contributed by atoms with E-state index in [0.717, 1.165) is 0 Å². The number of nitrogens with one attached hydrogen (secondary N) is 1. The summed E-state index contributed by atoms with van der Waals surface area (Å²) in [4.78, 5) is 0. The molecule has 0 heterocycles. The molecule has 0 radical (unpaired) electrons. The average molecular weight is 218 g/mol. The van der Waals surface area contributed by atoms with Crippen molar-refractivity contribution in [2.45, 2.75) is 45.6 Å². The van der Waals surface area contributed by atoms with Crippen LogP contribution in [0.3, 0.4) is 0 Å². The summed E-state index contributed by atoms with van der Waals surface area (Å²) in [6.07, 6.45) is 2.40. The summed E-state index contributed by atoms with van der Waals surface area (Å²) in [5, 5.41) is 0. The summed E-state index contributed by atoms with van der Waals surface area (Å²) in [7, 11) is 0. The SMILES string of the molecule is CC(C)(C)C(NN)C1CCc2ccccc21. The van der Waals surface area contributed by atoms with E-state index in [-0.39, 0.29) is 5.41 Å².